The van der Waals surface area contributed by atoms with Crippen LogP contribution in [0.2, 0.25) is 0 Å². The van der Waals surface area contributed by atoms with Gasteiger partial charge in [-0.15, -0.1) is 0 Å². The molecule has 0 bridgehead atoms. The Morgan fingerprint density at radius 3 is 2.61 bits per heavy atom. The first kappa shape index (κ1) is 13.5. The van der Waals surface area contributed by atoms with Gasteiger partial charge in [0.05, 0.1) is 12.2 Å². The molecule has 3 atom stereocenters. The van der Waals surface area contributed by atoms with Crippen LogP contribution in [0.5, 0.6) is 0 Å². The Morgan fingerprint density at radius 1 is 1.28 bits per heavy atom. The molecule has 1 aromatic rings. The van der Waals surface area contributed by atoms with Gasteiger partial charge in [-0.25, -0.2) is 0 Å². The third-order valence-corrected chi connectivity index (χ3v) is 3.77. The number of aliphatic hydroxyl groups is 2. The zero-order valence-electron chi connectivity index (χ0n) is 11.0. The first-order chi connectivity index (χ1) is 8.65. The second kappa shape index (κ2) is 6.32. The maximum atomic E-state index is 10.1. The summed E-state index contributed by atoms with van der Waals surface area (Å²) in [5.41, 5.74) is 1.18. The molecule has 3 heteroatoms. The van der Waals surface area contributed by atoms with E-state index in [4.69, 9.17) is 0 Å². The molecule has 3 unspecified atom stereocenters. The van der Waals surface area contributed by atoms with Crippen molar-refractivity contribution in [3.8, 4) is 0 Å². The summed E-state index contributed by atoms with van der Waals surface area (Å²) in [6.45, 7) is 4.46. The molecule has 2 rings (SSSR count). The number of likely N-dealkylation sites (tertiary alicyclic amines) is 1. The lowest BCUT2D eigenvalue weighted by Crippen LogP contribution is -2.33. The smallest absolute Gasteiger partial charge is 0.0707 e. The molecule has 1 aromatic carbocycles. The zero-order chi connectivity index (χ0) is 13.0. The number of nitrogens with zero attached hydrogens (tertiary/aromatic N) is 1. The summed E-state index contributed by atoms with van der Waals surface area (Å²) in [4.78, 5) is 2.25. The van der Waals surface area contributed by atoms with Crippen LogP contribution in [0, 0.1) is 5.92 Å². The van der Waals surface area contributed by atoms with Crippen LogP contribution < -0.4 is 0 Å². The molecule has 1 aliphatic rings. The minimum Gasteiger partial charge on any atom is -0.393 e. The van der Waals surface area contributed by atoms with Gasteiger partial charge in [0.15, 0.2) is 0 Å². The van der Waals surface area contributed by atoms with Gasteiger partial charge in [-0.05, 0) is 37.8 Å². The molecule has 0 spiro atoms. The summed E-state index contributed by atoms with van der Waals surface area (Å²) in [6.07, 6.45) is 1.19. The summed E-state index contributed by atoms with van der Waals surface area (Å²) in [5, 5.41) is 19.6. The molecule has 0 aromatic heterocycles. The summed E-state index contributed by atoms with van der Waals surface area (Å²) >= 11 is 0. The van der Waals surface area contributed by atoms with Crippen LogP contribution in [0.25, 0.3) is 0 Å². The van der Waals surface area contributed by atoms with Gasteiger partial charge in [0.1, 0.15) is 0 Å². The van der Waals surface area contributed by atoms with E-state index in [9.17, 15) is 10.2 Å². The molecule has 1 heterocycles. The Kier molecular flexibility index (Phi) is 4.75. The summed E-state index contributed by atoms with van der Waals surface area (Å²) in [6, 6.07) is 10.1. The molecule has 0 amide bonds. The van der Waals surface area contributed by atoms with E-state index in [0.717, 1.165) is 19.5 Å². The van der Waals surface area contributed by atoms with Crippen LogP contribution in [-0.4, -0.2) is 47.0 Å². The van der Waals surface area contributed by atoms with Gasteiger partial charge in [-0.2, -0.15) is 0 Å². The predicted octanol–water partition coefficient (Wildman–Crippen LogP) is 1.29. The number of benzene rings is 1. The molecule has 100 valence electrons. The molecule has 1 saturated heterocycles. The fraction of sp³-hybridized carbons (Fsp3) is 0.600. The fourth-order valence-electron chi connectivity index (χ4n) is 2.67. The van der Waals surface area contributed by atoms with Crippen molar-refractivity contribution in [1.82, 2.24) is 4.90 Å². The van der Waals surface area contributed by atoms with Gasteiger partial charge in [0.25, 0.3) is 0 Å². The molecular formula is C15H23NO2. The van der Waals surface area contributed by atoms with Crippen molar-refractivity contribution < 1.29 is 10.2 Å². The van der Waals surface area contributed by atoms with E-state index in [1.807, 2.05) is 37.3 Å². The van der Waals surface area contributed by atoms with Crippen molar-refractivity contribution in [2.45, 2.75) is 32.0 Å². The maximum Gasteiger partial charge on any atom is 0.0707 e. The normalized spacial score (nSPS) is 24.1. The molecule has 1 fully saturated rings. The lowest BCUT2D eigenvalue weighted by Gasteiger charge is -2.20. The van der Waals surface area contributed by atoms with Crippen LogP contribution in [0.3, 0.4) is 0 Å². The van der Waals surface area contributed by atoms with Gasteiger partial charge in [-0.3, -0.25) is 0 Å². The van der Waals surface area contributed by atoms with Crippen LogP contribution in [0.1, 0.15) is 18.9 Å². The molecule has 18 heavy (non-hydrogen) atoms. The SMILES string of the molecule is CC(O)C1CCN(CC(O)Cc2ccccc2)C1. The second-order valence-electron chi connectivity index (χ2n) is 5.39. The van der Waals surface area contributed by atoms with Crippen LogP contribution in [0.4, 0.5) is 0 Å². The first-order valence-electron chi connectivity index (χ1n) is 6.77. The summed E-state index contributed by atoms with van der Waals surface area (Å²) in [5.74, 6) is 0.369. The first-order valence-corrected chi connectivity index (χ1v) is 6.77. The van der Waals surface area contributed by atoms with E-state index in [0.29, 0.717) is 18.9 Å². The lowest BCUT2D eigenvalue weighted by molar-refractivity contribution is 0.104. The largest absolute Gasteiger partial charge is 0.393 e. The zero-order valence-corrected chi connectivity index (χ0v) is 11.0. The standard InChI is InChI=1S/C15H23NO2/c1-12(17)14-7-8-16(10-14)11-15(18)9-13-5-3-2-4-6-13/h2-6,12,14-15,17-18H,7-11H2,1H3. The quantitative estimate of drug-likeness (QED) is 0.826. The van der Waals surface area contributed by atoms with Crippen molar-refractivity contribution >= 4 is 0 Å². The van der Waals surface area contributed by atoms with Gasteiger partial charge < -0.3 is 15.1 Å². The minimum atomic E-state index is -0.319. The number of hydrogen-bond acceptors (Lipinski definition) is 3. The third-order valence-electron chi connectivity index (χ3n) is 3.77. The molecule has 0 saturated carbocycles. The Labute approximate surface area is 109 Å². The Morgan fingerprint density at radius 2 is 2.00 bits per heavy atom. The van der Waals surface area contributed by atoms with E-state index in [2.05, 4.69) is 4.90 Å². The average Bonchev–Trinajstić information content (AvgIpc) is 2.78. The van der Waals surface area contributed by atoms with Crippen molar-refractivity contribution in [1.29, 1.82) is 0 Å². The number of aliphatic hydroxyl groups excluding tert-OH is 2. The lowest BCUT2D eigenvalue weighted by atomic mass is 10.0. The highest BCUT2D eigenvalue weighted by atomic mass is 16.3. The van der Waals surface area contributed by atoms with Gasteiger partial charge >= 0.3 is 0 Å². The van der Waals surface area contributed by atoms with E-state index in [1.54, 1.807) is 0 Å². The third kappa shape index (κ3) is 3.80. The van der Waals surface area contributed by atoms with E-state index < -0.39 is 0 Å². The molecule has 3 nitrogen and oxygen atoms in total. The fourth-order valence-corrected chi connectivity index (χ4v) is 2.67. The van der Waals surface area contributed by atoms with Crippen molar-refractivity contribution in [3.05, 3.63) is 35.9 Å². The molecule has 0 aliphatic carbocycles. The second-order valence-corrected chi connectivity index (χ2v) is 5.39. The molecule has 2 N–H and O–H groups in total. The van der Waals surface area contributed by atoms with Crippen LogP contribution in [-0.2, 0) is 6.42 Å². The van der Waals surface area contributed by atoms with Crippen molar-refractivity contribution in [2.75, 3.05) is 19.6 Å². The Balaban J connectivity index is 1.77. The highest BCUT2D eigenvalue weighted by Crippen LogP contribution is 2.20. The molecular weight excluding hydrogens is 226 g/mol. The van der Waals surface area contributed by atoms with Crippen molar-refractivity contribution in [2.24, 2.45) is 5.92 Å². The highest BCUT2D eigenvalue weighted by molar-refractivity contribution is 5.15. The Hall–Kier alpha value is -0.900. The number of rotatable bonds is 5. The van der Waals surface area contributed by atoms with E-state index in [1.165, 1.54) is 5.56 Å². The van der Waals surface area contributed by atoms with Crippen LogP contribution in [0.15, 0.2) is 30.3 Å². The van der Waals surface area contributed by atoms with Crippen molar-refractivity contribution in [3.63, 3.8) is 0 Å². The topological polar surface area (TPSA) is 43.7 Å². The van der Waals surface area contributed by atoms with E-state index in [-0.39, 0.29) is 12.2 Å². The van der Waals surface area contributed by atoms with Gasteiger partial charge in [0, 0.05) is 13.1 Å². The van der Waals surface area contributed by atoms with Crippen LogP contribution >= 0.6 is 0 Å². The van der Waals surface area contributed by atoms with Gasteiger partial charge in [0.2, 0.25) is 0 Å². The molecule has 0 radical (unpaired) electrons. The van der Waals surface area contributed by atoms with E-state index >= 15 is 0 Å². The maximum absolute atomic E-state index is 10.1. The average molecular weight is 249 g/mol. The summed E-state index contributed by atoms with van der Waals surface area (Å²) < 4.78 is 0. The minimum absolute atomic E-state index is 0.235. The highest BCUT2D eigenvalue weighted by Gasteiger charge is 2.26. The molecule has 1 aliphatic heterocycles. The Bertz CT molecular complexity index is 353. The van der Waals surface area contributed by atoms with Gasteiger partial charge in [-0.1, -0.05) is 30.3 Å². The predicted molar refractivity (Wildman–Crippen MR) is 72.4 cm³/mol. The summed E-state index contributed by atoms with van der Waals surface area (Å²) in [7, 11) is 0. The number of β-amino-alcohol motifs (C(OH)–C–C–N with tert-alkyl or cyclic N) is 1. The monoisotopic (exact) mass is 249 g/mol. The number of hydrogen-bond donors (Lipinski definition) is 2.